The van der Waals surface area contributed by atoms with Gasteiger partial charge in [0.05, 0.1) is 0 Å². The molecule has 4 aromatic rings. The van der Waals surface area contributed by atoms with Gasteiger partial charge in [-0.3, -0.25) is 0 Å². The highest BCUT2D eigenvalue weighted by molar-refractivity contribution is 5.80. The molecule has 0 spiro atoms. The van der Waals surface area contributed by atoms with Gasteiger partial charge in [0.15, 0.2) is 0 Å². The summed E-state index contributed by atoms with van der Waals surface area (Å²) in [7, 11) is 0. The van der Waals surface area contributed by atoms with Crippen molar-refractivity contribution in [3.05, 3.63) is 96.1 Å². The molecule has 0 atom stereocenters. The molecule has 2 nitrogen and oxygen atoms in total. The van der Waals surface area contributed by atoms with Crippen molar-refractivity contribution in [1.29, 1.82) is 0 Å². The lowest BCUT2D eigenvalue weighted by atomic mass is 9.90. The molecule has 2 heteroatoms. The fourth-order valence-corrected chi connectivity index (χ4v) is 3.49. The van der Waals surface area contributed by atoms with Gasteiger partial charge in [0.2, 0.25) is 0 Å². The molecule has 0 aliphatic carbocycles. The maximum absolute atomic E-state index is 9.56. The number of hydrogen-bond acceptors (Lipinski definition) is 2. The largest absolute Gasteiger partial charge is 0.508 e. The molecule has 0 heterocycles. The Balaban J connectivity index is 0.00000124. The smallest absolute Gasteiger partial charge is 0.115 e. The van der Waals surface area contributed by atoms with Crippen molar-refractivity contribution in [2.24, 2.45) is 0 Å². The van der Waals surface area contributed by atoms with Crippen LogP contribution in [0.2, 0.25) is 0 Å². The molecule has 0 bridgehead atoms. The molecule has 30 heavy (non-hydrogen) atoms. The van der Waals surface area contributed by atoms with Crippen LogP contribution in [-0.2, 0) is 0 Å². The van der Waals surface area contributed by atoms with Crippen molar-refractivity contribution < 1.29 is 10.2 Å². The highest BCUT2D eigenvalue weighted by atomic mass is 16.3. The van der Waals surface area contributed by atoms with Gasteiger partial charge in [0.25, 0.3) is 0 Å². The minimum absolute atomic E-state index is 0.272. The van der Waals surface area contributed by atoms with Gasteiger partial charge >= 0.3 is 0 Å². The van der Waals surface area contributed by atoms with Gasteiger partial charge in [-0.2, -0.15) is 0 Å². The van der Waals surface area contributed by atoms with E-state index in [1.165, 1.54) is 22.3 Å². The van der Waals surface area contributed by atoms with Crippen molar-refractivity contribution in [1.82, 2.24) is 0 Å². The molecule has 0 amide bonds. The van der Waals surface area contributed by atoms with Crippen molar-refractivity contribution in [3.63, 3.8) is 0 Å². The van der Waals surface area contributed by atoms with Gasteiger partial charge in [-0.25, -0.2) is 0 Å². The zero-order chi connectivity index (χ0) is 21.7. The molecule has 2 N–H and O–H groups in total. The summed E-state index contributed by atoms with van der Waals surface area (Å²) in [4.78, 5) is 0. The second-order valence-electron chi connectivity index (χ2n) is 7.15. The minimum atomic E-state index is 0.272. The van der Waals surface area contributed by atoms with Gasteiger partial charge in [0.1, 0.15) is 11.5 Å². The standard InChI is InChI=1S/C26H22O2.C2H6/c1-17-3-5-21(19-7-11-23(27)12-8-19)15-25(17)26-16-22(6-4-18(26)2)20-9-13-24(28)14-10-20;1-2/h3-16,27-28H,1-2H3;1-2H3. The summed E-state index contributed by atoms with van der Waals surface area (Å²) >= 11 is 0. The fraction of sp³-hybridized carbons (Fsp3) is 0.143. The Bertz CT molecular complexity index is 1030. The van der Waals surface area contributed by atoms with E-state index in [1.54, 1.807) is 24.3 Å². The number of aryl methyl sites for hydroxylation is 2. The van der Waals surface area contributed by atoms with E-state index in [2.05, 4.69) is 50.2 Å². The first-order valence-electron chi connectivity index (χ1n) is 10.3. The van der Waals surface area contributed by atoms with E-state index >= 15 is 0 Å². The van der Waals surface area contributed by atoms with E-state index < -0.39 is 0 Å². The Morgan fingerprint density at radius 3 is 1.07 bits per heavy atom. The van der Waals surface area contributed by atoms with Crippen LogP contribution in [0.5, 0.6) is 11.5 Å². The summed E-state index contributed by atoms with van der Waals surface area (Å²) < 4.78 is 0. The lowest BCUT2D eigenvalue weighted by Gasteiger charge is -2.14. The van der Waals surface area contributed by atoms with Crippen LogP contribution in [-0.4, -0.2) is 10.2 Å². The molecule has 4 rings (SSSR count). The summed E-state index contributed by atoms with van der Waals surface area (Å²) in [6.07, 6.45) is 0. The molecule has 0 saturated carbocycles. The fourth-order valence-electron chi connectivity index (χ4n) is 3.49. The first kappa shape index (κ1) is 21.2. The molecule has 152 valence electrons. The lowest BCUT2D eigenvalue weighted by molar-refractivity contribution is 0.475. The zero-order valence-corrected chi connectivity index (χ0v) is 18.0. The van der Waals surface area contributed by atoms with E-state index in [9.17, 15) is 10.2 Å². The van der Waals surface area contributed by atoms with Gasteiger partial charge in [-0.05, 0) is 94.8 Å². The van der Waals surface area contributed by atoms with Crippen molar-refractivity contribution in [2.75, 3.05) is 0 Å². The van der Waals surface area contributed by atoms with Gasteiger partial charge in [-0.1, -0.05) is 62.4 Å². The van der Waals surface area contributed by atoms with Crippen LogP contribution in [0.3, 0.4) is 0 Å². The topological polar surface area (TPSA) is 40.5 Å². The van der Waals surface area contributed by atoms with E-state index in [0.29, 0.717) is 0 Å². The van der Waals surface area contributed by atoms with E-state index in [4.69, 9.17) is 0 Å². The van der Waals surface area contributed by atoms with Crippen LogP contribution >= 0.6 is 0 Å². The van der Waals surface area contributed by atoms with E-state index in [-0.39, 0.29) is 11.5 Å². The molecule has 0 aliphatic rings. The highest BCUT2D eigenvalue weighted by Gasteiger charge is 2.10. The first-order valence-corrected chi connectivity index (χ1v) is 10.3. The minimum Gasteiger partial charge on any atom is -0.508 e. The summed E-state index contributed by atoms with van der Waals surface area (Å²) in [5.74, 6) is 0.544. The maximum Gasteiger partial charge on any atom is 0.115 e. The Kier molecular flexibility index (Phi) is 6.58. The second kappa shape index (κ2) is 9.32. The van der Waals surface area contributed by atoms with Crippen molar-refractivity contribution in [3.8, 4) is 44.9 Å². The van der Waals surface area contributed by atoms with Crippen LogP contribution in [0.15, 0.2) is 84.9 Å². The molecule has 0 fully saturated rings. The van der Waals surface area contributed by atoms with E-state index in [1.807, 2.05) is 38.1 Å². The molecule has 0 unspecified atom stereocenters. The molecule has 4 aromatic carbocycles. The average Bonchev–Trinajstić information content (AvgIpc) is 2.77. The third kappa shape index (κ3) is 4.55. The number of phenols is 2. The molecule has 0 aliphatic heterocycles. The van der Waals surface area contributed by atoms with Gasteiger partial charge in [-0.15, -0.1) is 0 Å². The Labute approximate surface area is 179 Å². The number of aromatic hydroxyl groups is 2. The Hall–Kier alpha value is -3.52. The highest BCUT2D eigenvalue weighted by Crippen LogP contribution is 2.34. The maximum atomic E-state index is 9.56. The average molecular weight is 397 g/mol. The van der Waals surface area contributed by atoms with Gasteiger partial charge in [0, 0.05) is 0 Å². The third-order valence-electron chi connectivity index (χ3n) is 5.17. The van der Waals surface area contributed by atoms with E-state index in [0.717, 1.165) is 22.3 Å². The summed E-state index contributed by atoms with van der Waals surface area (Å²) in [6.45, 7) is 8.26. The van der Waals surface area contributed by atoms with Crippen molar-refractivity contribution in [2.45, 2.75) is 27.7 Å². The lowest BCUT2D eigenvalue weighted by Crippen LogP contribution is -1.90. The summed E-state index contributed by atoms with van der Waals surface area (Å²) in [5.41, 5.74) is 9.22. The number of phenolic OH excluding ortho intramolecular Hbond substituents is 2. The van der Waals surface area contributed by atoms with Crippen LogP contribution in [0.25, 0.3) is 33.4 Å². The summed E-state index contributed by atoms with van der Waals surface area (Å²) in [5, 5.41) is 19.1. The van der Waals surface area contributed by atoms with Crippen LogP contribution in [0.1, 0.15) is 25.0 Å². The molecular formula is C28H28O2. The first-order chi connectivity index (χ1) is 14.5. The second-order valence-corrected chi connectivity index (χ2v) is 7.15. The predicted octanol–water partition coefficient (Wildman–Crippen LogP) is 7.74. The number of hydrogen-bond donors (Lipinski definition) is 2. The Morgan fingerprint density at radius 1 is 0.433 bits per heavy atom. The monoisotopic (exact) mass is 396 g/mol. The van der Waals surface area contributed by atoms with Crippen LogP contribution < -0.4 is 0 Å². The SMILES string of the molecule is CC.Cc1ccc(-c2ccc(O)cc2)cc1-c1cc(-c2ccc(O)cc2)ccc1C. The molecule has 0 radical (unpaired) electrons. The number of rotatable bonds is 3. The normalized spacial score (nSPS) is 10.3. The third-order valence-corrected chi connectivity index (χ3v) is 5.17. The van der Waals surface area contributed by atoms with Crippen LogP contribution in [0, 0.1) is 13.8 Å². The van der Waals surface area contributed by atoms with Crippen LogP contribution in [0.4, 0.5) is 0 Å². The zero-order valence-electron chi connectivity index (χ0n) is 18.0. The predicted molar refractivity (Wildman–Crippen MR) is 127 cm³/mol. The quantitative estimate of drug-likeness (QED) is 0.372. The summed E-state index contributed by atoms with van der Waals surface area (Å²) in [6, 6.07) is 27.5. The molecule has 0 aromatic heterocycles. The molecule has 0 saturated heterocycles. The molecular weight excluding hydrogens is 368 g/mol. The van der Waals surface area contributed by atoms with Crippen molar-refractivity contribution >= 4 is 0 Å². The van der Waals surface area contributed by atoms with Gasteiger partial charge < -0.3 is 10.2 Å². The number of benzene rings is 4. The Morgan fingerprint density at radius 2 is 0.733 bits per heavy atom.